The second kappa shape index (κ2) is 17.1. The Morgan fingerprint density at radius 1 is 0.226 bits per heavy atom. The quantitative estimate of drug-likeness (QED) is 0.138. The van der Waals surface area contributed by atoms with E-state index < -0.39 is 0 Å². The maximum Gasteiger partial charge on any atom is 0.0709 e. The molecule has 4 heteroatoms. The summed E-state index contributed by atoms with van der Waals surface area (Å²) in [5.41, 5.74) is 18.0. The number of aromatic nitrogens is 4. The van der Waals surface area contributed by atoms with Gasteiger partial charge in [-0.05, 0) is 102 Å². The summed E-state index contributed by atoms with van der Waals surface area (Å²) in [6.07, 6.45) is 0. The lowest BCUT2D eigenvalue weighted by atomic mass is 9.90. The normalized spacial score (nSPS) is 11.0. The van der Waals surface area contributed by atoms with Gasteiger partial charge in [0.25, 0.3) is 0 Å². The number of pyridine rings is 4. The van der Waals surface area contributed by atoms with Crippen LogP contribution in [-0.4, -0.2) is 19.9 Å². The second-order valence-corrected chi connectivity index (χ2v) is 15.2. The van der Waals surface area contributed by atoms with E-state index in [-0.39, 0.29) is 0 Å². The van der Waals surface area contributed by atoms with Crippen LogP contribution >= 0.6 is 0 Å². The molecule has 0 aliphatic rings. The summed E-state index contributed by atoms with van der Waals surface area (Å²) in [5.74, 6) is 0. The summed E-state index contributed by atoms with van der Waals surface area (Å²) in [6, 6.07) is 79.1. The molecule has 0 atom stereocenters. The smallest absolute Gasteiger partial charge is 0.0709 e. The molecular weight excluding hydrogens is 753 g/mol. The van der Waals surface area contributed by atoms with Gasteiger partial charge in [0.1, 0.15) is 0 Å². The van der Waals surface area contributed by atoms with Crippen molar-refractivity contribution in [1.82, 2.24) is 19.9 Å². The van der Waals surface area contributed by atoms with Crippen LogP contribution in [-0.2, 0) is 0 Å². The number of rotatable bonds is 10. The SMILES string of the molecule is C=C(c1cc(-c2cccc(-c3ccccc3)n2)cc(-c2cccc(-c3ccccc3)n2)c1)c1cc(-c2cccc(-c3ccccc3)n2)cc(-c2cccc(-c3ccccc3)n2)c1. The van der Waals surface area contributed by atoms with Crippen LogP contribution in [0.1, 0.15) is 11.1 Å². The minimum atomic E-state index is 0.855. The molecule has 0 saturated heterocycles. The van der Waals surface area contributed by atoms with Crippen LogP contribution in [0.25, 0.3) is 95.6 Å². The Balaban J connectivity index is 1.13. The Morgan fingerprint density at radius 2 is 0.435 bits per heavy atom. The highest BCUT2D eigenvalue weighted by atomic mass is 14.7. The molecule has 0 spiro atoms. The van der Waals surface area contributed by atoms with Gasteiger partial charge in [0.15, 0.2) is 0 Å². The largest absolute Gasteiger partial charge is 0.248 e. The molecule has 0 aliphatic carbocycles. The molecule has 0 amide bonds. The summed E-state index contributed by atoms with van der Waals surface area (Å²) >= 11 is 0. The average Bonchev–Trinajstić information content (AvgIpc) is 3.37. The van der Waals surface area contributed by atoms with E-state index in [0.717, 1.165) is 107 Å². The van der Waals surface area contributed by atoms with E-state index in [1.54, 1.807) is 0 Å². The van der Waals surface area contributed by atoms with Crippen molar-refractivity contribution < 1.29 is 0 Å². The Morgan fingerprint density at radius 3 is 0.661 bits per heavy atom. The third-order valence-electron chi connectivity index (χ3n) is 11.0. The highest BCUT2D eigenvalue weighted by molar-refractivity contribution is 5.88. The van der Waals surface area contributed by atoms with E-state index in [1.165, 1.54) is 0 Å². The molecule has 62 heavy (non-hydrogen) atoms. The summed E-state index contributed by atoms with van der Waals surface area (Å²) in [5, 5.41) is 0. The van der Waals surface area contributed by atoms with Crippen LogP contribution in [0.5, 0.6) is 0 Å². The van der Waals surface area contributed by atoms with Gasteiger partial charge in [-0.3, -0.25) is 0 Å². The predicted molar refractivity (Wildman–Crippen MR) is 256 cm³/mol. The second-order valence-electron chi connectivity index (χ2n) is 15.2. The van der Waals surface area contributed by atoms with Gasteiger partial charge in [-0.1, -0.05) is 152 Å². The van der Waals surface area contributed by atoms with Crippen molar-refractivity contribution in [3.05, 3.63) is 248 Å². The Labute approximate surface area is 362 Å². The van der Waals surface area contributed by atoms with Gasteiger partial charge < -0.3 is 0 Å². The lowest BCUT2D eigenvalue weighted by molar-refractivity contribution is 1.30. The standard InChI is InChI=1S/C58H40N4/c1-40(45-34-47(55-30-14-26-51(59-55)41-18-6-2-7-19-41)38-48(35-45)56-31-15-27-52(60-56)42-20-8-3-9-21-42)46-36-49(57-32-16-28-53(61-57)43-22-10-4-11-23-43)39-50(37-46)58-33-17-29-54(62-58)44-24-12-5-13-25-44/h2-39H,1H2. The fourth-order valence-electron chi connectivity index (χ4n) is 7.82. The summed E-state index contributed by atoms with van der Waals surface area (Å²) in [7, 11) is 0. The van der Waals surface area contributed by atoms with Gasteiger partial charge >= 0.3 is 0 Å². The van der Waals surface area contributed by atoms with Gasteiger partial charge in [0, 0.05) is 44.5 Å². The van der Waals surface area contributed by atoms with Crippen molar-refractivity contribution in [2.45, 2.75) is 0 Å². The maximum atomic E-state index is 5.19. The van der Waals surface area contributed by atoms with E-state index in [2.05, 4.69) is 158 Å². The number of nitrogens with zero attached hydrogens (tertiary/aromatic N) is 4. The van der Waals surface area contributed by atoms with Crippen LogP contribution in [0, 0.1) is 0 Å². The highest BCUT2D eigenvalue weighted by Gasteiger charge is 2.16. The molecule has 0 aliphatic heterocycles. The van der Waals surface area contributed by atoms with E-state index in [1.807, 2.05) is 72.8 Å². The van der Waals surface area contributed by atoms with Crippen LogP contribution in [0.2, 0.25) is 0 Å². The molecule has 10 aromatic rings. The van der Waals surface area contributed by atoms with Crippen molar-refractivity contribution in [2.75, 3.05) is 0 Å². The van der Waals surface area contributed by atoms with Crippen molar-refractivity contribution in [3.63, 3.8) is 0 Å². The van der Waals surface area contributed by atoms with Gasteiger partial charge in [-0.15, -0.1) is 0 Å². The minimum absolute atomic E-state index is 0.855. The lowest BCUT2D eigenvalue weighted by Crippen LogP contribution is -1.96. The zero-order valence-corrected chi connectivity index (χ0v) is 33.9. The fraction of sp³-hybridized carbons (Fsp3) is 0. The van der Waals surface area contributed by atoms with Crippen LogP contribution in [0.15, 0.2) is 237 Å². The number of benzene rings is 6. The zero-order valence-electron chi connectivity index (χ0n) is 33.9. The summed E-state index contributed by atoms with van der Waals surface area (Å²) < 4.78 is 0. The first-order valence-corrected chi connectivity index (χ1v) is 20.7. The molecule has 4 nitrogen and oxygen atoms in total. The molecule has 0 fully saturated rings. The van der Waals surface area contributed by atoms with E-state index in [0.29, 0.717) is 0 Å². The highest BCUT2D eigenvalue weighted by Crippen LogP contribution is 2.37. The van der Waals surface area contributed by atoms with Crippen LogP contribution in [0.4, 0.5) is 0 Å². The molecule has 10 rings (SSSR count). The van der Waals surface area contributed by atoms with E-state index in [9.17, 15) is 0 Å². The monoisotopic (exact) mass is 792 g/mol. The Kier molecular flexibility index (Phi) is 10.5. The number of hydrogen-bond acceptors (Lipinski definition) is 4. The fourth-order valence-corrected chi connectivity index (χ4v) is 7.82. The minimum Gasteiger partial charge on any atom is -0.248 e. The molecule has 4 heterocycles. The predicted octanol–water partition coefficient (Wildman–Crippen LogP) is 14.7. The average molecular weight is 793 g/mol. The topological polar surface area (TPSA) is 51.6 Å². The van der Waals surface area contributed by atoms with Gasteiger partial charge in [-0.25, -0.2) is 19.9 Å². The first kappa shape index (κ1) is 37.9. The van der Waals surface area contributed by atoms with Crippen molar-refractivity contribution in [2.24, 2.45) is 0 Å². The molecular formula is C58H40N4. The third-order valence-corrected chi connectivity index (χ3v) is 11.0. The first-order valence-electron chi connectivity index (χ1n) is 20.7. The van der Waals surface area contributed by atoms with Crippen molar-refractivity contribution >= 4 is 5.57 Å². The summed E-state index contributed by atoms with van der Waals surface area (Å²) in [6.45, 7) is 4.81. The molecule has 0 radical (unpaired) electrons. The van der Waals surface area contributed by atoms with Crippen molar-refractivity contribution in [3.8, 4) is 90.1 Å². The molecule has 0 bridgehead atoms. The Hall–Kier alpha value is -8.34. The van der Waals surface area contributed by atoms with Gasteiger partial charge in [0.05, 0.1) is 45.6 Å². The van der Waals surface area contributed by atoms with Crippen LogP contribution in [0.3, 0.4) is 0 Å². The van der Waals surface area contributed by atoms with Gasteiger partial charge in [-0.2, -0.15) is 0 Å². The van der Waals surface area contributed by atoms with Crippen LogP contribution < -0.4 is 0 Å². The van der Waals surface area contributed by atoms with E-state index >= 15 is 0 Å². The zero-order chi connectivity index (χ0) is 41.7. The number of hydrogen-bond donors (Lipinski definition) is 0. The third kappa shape index (κ3) is 8.14. The first-order chi connectivity index (χ1) is 30.6. The van der Waals surface area contributed by atoms with Gasteiger partial charge in [0.2, 0.25) is 0 Å². The molecule has 6 aromatic carbocycles. The summed E-state index contributed by atoms with van der Waals surface area (Å²) in [4.78, 5) is 20.8. The molecule has 4 aromatic heterocycles. The lowest BCUT2D eigenvalue weighted by Gasteiger charge is -2.16. The molecule has 0 N–H and O–H groups in total. The maximum absolute atomic E-state index is 5.19. The van der Waals surface area contributed by atoms with E-state index in [4.69, 9.17) is 26.5 Å². The molecule has 0 unspecified atom stereocenters. The Bertz CT molecular complexity index is 2760. The molecule has 292 valence electrons. The van der Waals surface area contributed by atoms with Crippen molar-refractivity contribution in [1.29, 1.82) is 0 Å². The molecule has 0 saturated carbocycles.